The van der Waals surface area contributed by atoms with Gasteiger partial charge in [0.15, 0.2) is 11.9 Å². The summed E-state index contributed by atoms with van der Waals surface area (Å²) in [6.45, 7) is 1.65. The standard InChI is InChI=1S/C42H34FNO2/c1-31(46-38-26-27-39(40(43)30-38)32-14-6-2-7-15-32)41(45)28-29-44-37-24-22-36(23-25-37)42(33-16-8-3-9-17-33,34-18-10-4-11-19-34)35-20-12-5-13-21-35/h2-31,44H,1H3/b29-28+/t31-/m0/s1. The van der Waals surface area contributed by atoms with Gasteiger partial charge >= 0.3 is 0 Å². The van der Waals surface area contributed by atoms with E-state index in [1.807, 2.05) is 60.7 Å². The summed E-state index contributed by atoms with van der Waals surface area (Å²) in [7, 11) is 0. The van der Waals surface area contributed by atoms with Crippen molar-refractivity contribution in [3.63, 3.8) is 0 Å². The quantitative estimate of drug-likeness (QED) is 0.118. The average Bonchev–Trinajstić information content (AvgIpc) is 3.11. The number of ether oxygens (including phenoxy) is 1. The van der Waals surface area contributed by atoms with Gasteiger partial charge in [-0.15, -0.1) is 0 Å². The predicted octanol–water partition coefficient (Wildman–Crippen LogP) is 9.84. The summed E-state index contributed by atoms with van der Waals surface area (Å²) in [5, 5.41) is 3.21. The van der Waals surface area contributed by atoms with Gasteiger partial charge in [0.1, 0.15) is 11.6 Å². The maximum Gasteiger partial charge on any atom is 0.197 e. The van der Waals surface area contributed by atoms with Crippen LogP contribution in [-0.2, 0) is 10.2 Å². The van der Waals surface area contributed by atoms with Crippen LogP contribution in [0.2, 0.25) is 0 Å². The molecule has 46 heavy (non-hydrogen) atoms. The lowest BCUT2D eigenvalue weighted by molar-refractivity contribution is -0.120. The third-order valence-corrected chi connectivity index (χ3v) is 8.17. The Morgan fingerprint density at radius 1 is 0.652 bits per heavy atom. The largest absolute Gasteiger partial charge is 0.482 e. The molecule has 0 unspecified atom stereocenters. The zero-order valence-electron chi connectivity index (χ0n) is 25.5. The summed E-state index contributed by atoms with van der Waals surface area (Å²) >= 11 is 0. The number of rotatable bonds is 11. The highest BCUT2D eigenvalue weighted by atomic mass is 19.1. The van der Waals surface area contributed by atoms with Crippen LogP contribution in [0.15, 0.2) is 176 Å². The molecule has 0 heterocycles. The second-order valence-electron chi connectivity index (χ2n) is 11.1. The van der Waals surface area contributed by atoms with Crippen LogP contribution < -0.4 is 10.1 Å². The van der Waals surface area contributed by atoms with Crippen molar-refractivity contribution in [1.82, 2.24) is 0 Å². The van der Waals surface area contributed by atoms with E-state index in [-0.39, 0.29) is 5.78 Å². The Bertz CT molecular complexity index is 1810. The molecule has 0 spiro atoms. The van der Waals surface area contributed by atoms with E-state index >= 15 is 0 Å². The molecule has 226 valence electrons. The van der Waals surface area contributed by atoms with Crippen molar-refractivity contribution in [1.29, 1.82) is 0 Å². The fourth-order valence-corrected chi connectivity index (χ4v) is 5.92. The van der Waals surface area contributed by atoms with Crippen molar-refractivity contribution in [2.45, 2.75) is 18.4 Å². The van der Waals surface area contributed by atoms with Crippen LogP contribution in [0.4, 0.5) is 10.1 Å². The van der Waals surface area contributed by atoms with Crippen molar-refractivity contribution in [2.75, 3.05) is 5.32 Å². The van der Waals surface area contributed by atoms with Gasteiger partial charge in [-0.25, -0.2) is 4.39 Å². The minimum absolute atomic E-state index is 0.243. The number of halogens is 1. The van der Waals surface area contributed by atoms with Crippen LogP contribution in [0.5, 0.6) is 5.75 Å². The Morgan fingerprint density at radius 2 is 1.13 bits per heavy atom. The normalized spacial score (nSPS) is 12.0. The SMILES string of the molecule is C[C@H](Oc1ccc(-c2ccccc2)c(F)c1)C(=O)/C=C/Nc1ccc(C(c2ccccc2)(c2ccccc2)c2ccccc2)cc1. The number of anilines is 1. The molecule has 0 saturated carbocycles. The molecule has 0 radical (unpaired) electrons. The Balaban J connectivity index is 1.19. The minimum Gasteiger partial charge on any atom is -0.482 e. The van der Waals surface area contributed by atoms with Gasteiger partial charge in [0.25, 0.3) is 0 Å². The number of hydrogen-bond donors (Lipinski definition) is 1. The van der Waals surface area contributed by atoms with Gasteiger partial charge in [-0.2, -0.15) is 0 Å². The summed E-state index contributed by atoms with van der Waals surface area (Å²) in [4.78, 5) is 12.8. The summed E-state index contributed by atoms with van der Waals surface area (Å²) in [5.74, 6) is -0.346. The molecule has 0 aliphatic carbocycles. The number of carbonyl (C=O) groups is 1. The Morgan fingerprint density at radius 3 is 1.63 bits per heavy atom. The van der Waals surface area contributed by atoms with Gasteiger partial charge in [-0.1, -0.05) is 133 Å². The van der Waals surface area contributed by atoms with Crippen molar-refractivity contribution >= 4 is 11.5 Å². The lowest BCUT2D eigenvalue weighted by Crippen LogP contribution is -2.30. The Kier molecular flexibility index (Phi) is 9.17. The van der Waals surface area contributed by atoms with Gasteiger partial charge in [0, 0.05) is 29.6 Å². The molecule has 0 aromatic heterocycles. The fourth-order valence-electron chi connectivity index (χ4n) is 5.92. The maximum absolute atomic E-state index is 14.8. The smallest absolute Gasteiger partial charge is 0.197 e. The molecule has 0 amide bonds. The van der Waals surface area contributed by atoms with E-state index in [9.17, 15) is 9.18 Å². The molecule has 0 saturated heterocycles. The van der Waals surface area contributed by atoms with Gasteiger partial charge in [-0.05, 0) is 59.0 Å². The number of hydrogen-bond acceptors (Lipinski definition) is 3. The molecule has 0 aliphatic rings. The van der Waals surface area contributed by atoms with E-state index in [4.69, 9.17) is 4.74 Å². The van der Waals surface area contributed by atoms with Crippen LogP contribution in [0.3, 0.4) is 0 Å². The number of benzene rings is 6. The van der Waals surface area contributed by atoms with Crippen LogP contribution in [0.25, 0.3) is 11.1 Å². The first kappa shape index (κ1) is 30.3. The molecule has 6 rings (SSSR count). The molecule has 0 fully saturated rings. The lowest BCUT2D eigenvalue weighted by atomic mass is 9.65. The molecule has 0 aliphatic heterocycles. The number of nitrogens with one attached hydrogen (secondary N) is 1. The average molecular weight is 604 g/mol. The van der Waals surface area contributed by atoms with Gasteiger partial charge in [0.05, 0.1) is 5.41 Å². The summed E-state index contributed by atoms with van der Waals surface area (Å²) in [5.41, 5.74) is 6.20. The van der Waals surface area contributed by atoms with E-state index in [0.29, 0.717) is 11.3 Å². The molecular formula is C42H34FNO2. The third-order valence-electron chi connectivity index (χ3n) is 8.17. The second kappa shape index (κ2) is 13.9. The van der Waals surface area contributed by atoms with Crippen LogP contribution in [0.1, 0.15) is 29.2 Å². The van der Waals surface area contributed by atoms with Crippen LogP contribution in [-0.4, -0.2) is 11.9 Å². The van der Waals surface area contributed by atoms with Crippen molar-refractivity contribution in [3.8, 4) is 16.9 Å². The predicted molar refractivity (Wildman–Crippen MR) is 184 cm³/mol. The summed E-state index contributed by atoms with van der Waals surface area (Å²) < 4.78 is 20.5. The highest BCUT2D eigenvalue weighted by molar-refractivity contribution is 5.93. The Labute approximate surface area is 269 Å². The van der Waals surface area contributed by atoms with E-state index in [1.54, 1.807) is 25.3 Å². The van der Waals surface area contributed by atoms with Gasteiger partial charge in [0.2, 0.25) is 0 Å². The van der Waals surface area contributed by atoms with E-state index in [2.05, 4.69) is 90.2 Å². The maximum atomic E-state index is 14.8. The van der Waals surface area contributed by atoms with Crippen molar-refractivity contribution in [2.24, 2.45) is 0 Å². The molecule has 0 bridgehead atoms. The first-order chi connectivity index (χ1) is 22.6. The van der Waals surface area contributed by atoms with Gasteiger partial charge in [-0.3, -0.25) is 4.79 Å². The molecule has 6 aromatic carbocycles. The second-order valence-corrected chi connectivity index (χ2v) is 11.1. The highest BCUT2D eigenvalue weighted by Crippen LogP contribution is 2.45. The zero-order chi connectivity index (χ0) is 31.8. The first-order valence-corrected chi connectivity index (χ1v) is 15.3. The number of carbonyl (C=O) groups excluding carboxylic acids is 1. The molecule has 3 nitrogen and oxygen atoms in total. The van der Waals surface area contributed by atoms with Crippen LogP contribution in [0, 0.1) is 5.82 Å². The first-order valence-electron chi connectivity index (χ1n) is 15.3. The summed E-state index contributed by atoms with van der Waals surface area (Å²) in [6, 6.07) is 53.9. The third kappa shape index (κ3) is 6.38. The molecule has 1 atom stereocenters. The summed E-state index contributed by atoms with van der Waals surface area (Å²) in [6.07, 6.45) is 2.26. The van der Waals surface area contributed by atoms with E-state index < -0.39 is 17.3 Å². The molecule has 4 heteroatoms. The molecule has 6 aromatic rings. The van der Waals surface area contributed by atoms with Gasteiger partial charge < -0.3 is 10.1 Å². The van der Waals surface area contributed by atoms with Crippen LogP contribution >= 0.6 is 0 Å². The Hall–Kier alpha value is -5.74. The zero-order valence-corrected chi connectivity index (χ0v) is 25.5. The monoisotopic (exact) mass is 603 g/mol. The van der Waals surface area contributed by atoms with Crippen molar-refractivity contribution in [3.05, 3.63) is 204 Å². The van der Waals surface area contributed by atoms with E-state index in [0.717, 1.165) is 16.8 Å². The topological polar surface area (TPSA) is 38.3 Å². The fraction of sp³-hybridized carbons (Fsp3) is 0.0714. The molecular weight excluding hydrogens is 569 g/mol. The number of ketones is 1. The highest BCUT2D eigenvalue weighted by Gasteiger charge is 2.38. The minimum atomic E-state index is -0.786. The lowest BCUT2D eigenvalue weighted by Gasteiger charge is -2.37. The van der Waals surface area contributed by atoms with E-state index in [1.165, 1.54) is 28.8 Å². The molecule has 1 N–H and O–H groups in total. The van der Waals surface area contributed by atoms with Crippen molar-refractivity contribution < 1.29 is 13.9 Å².